The molecule has 1 aliphatic carbocycles. The minimum atomic E-state index is -0.573. The van der Waals surface area contributed by atoms with Crippen molar-refractivity contribution < 1.29 is 24.3 Å². The molecule has 0 unspecified atom stereocenters. The molecule has 3 aromatic heterocycles. The number of benzene rings is 2. The molecule has 3 atom stereocenters. The van der Waals surface area contributed by atoms with Crippen LogP contribution in [0.25, 0.3) is 11.1 Å². The number of fused-ring (bicyclic) bond motifs is 1. The van der Waals surface area contributed by atoms with Crippen molar-refractivity contribution in [2.45, 2.75) is 64.0 Å². The molecule has 9 rings (SSSR count). The second-order valence-corrected chi connectivity index (χ2v) is 20.9. The molecule has 0 saturated carbocycles. The third-order valence-electron chi connectivity index (χ3n) is 15.2. The summed E-state index contributed by atoms with van der Waals surface area (Å²) in [6, 6.07) is 19.3. The van der Waals surface area contributed by atoms with Crippen molar-refractivity contribution in [3.8, 4) is 11.1 Å². The monoisotopic (exact) mass is 1050 g/mol. The van der Waals surface area contributed by atoms with Gasteiger partial charge in [-0.1, -0.05) is 61.8 Å². The highest BCUT2D eigenvalue weighted by Gasteiger charge is 2.35. The van der Waals surface area contributed by atoms with Crippen LogP contribution in [0.4, 0.5) is 11.5 Å². The van der Waals surface area contributed by atoms with E-state index in [2.05, 4.69) is 86.9 Å². The Morgan fingerprint density at radius 3 is 2.32 bits per heavy atom. The molecule has 6 heterocycles. The maximum Gasteiger partial charge on any atom is 0.274 e. The van der Waals surface area contributed by atoms with Gasteiger partial charge in [-0.15, -0.1) is 0 Å². The molecule has 3 aliphatic heterocycles. The maximum absolute atomic E-state index is 14.1. The molecule has 3 fully saturated rings. The zero-order valence-corrected chi connectivity index (χ0v) is 44.4. The Morgan fingerprint density at radius 2 is 1.57 bits per heavy atom. The van der Waals surface area contributed by atoms with Crippen LogP contribution in [0.1, 0.15) is 89.6 Å². The molecule has 76 heavy (non-hydrogen) atoms. The van der Waals surface area contributed by atoms with Gasteiger partial charge in [0.15, 0.2) is 5.69 Å². The topological polar surface area (TPSA) is 217 Å². The molecule has 0 spiro atoms. The number of amides is 4. The van der Waals surface area contributed by atoms with Crippen LogP contribution in [-0.4, -0.2) is 178 Å². The minimum Gasteiger partial charge on any atom is -0.387 e. The van der Waals surface area contributed by atoms with Crippen LogP contribution in [0.2, 0.25) is 5.02 Å². The molecule has 20 heteroatoms. The van der Waals surface area contributed by atoms with E-state index in [0.29, 0.717) is 101 Å². The fourth-order valence-electron chi connectivity index (χ4n) is 10.9. The number of halogens is 1. The number of pyridine rings is 1. The van der Waals surface area contributed by atoms with Gasteiger partial charge in [-0.05, 0) is 91.6 Å². The van der Waals surface area contributed by atoms with Crippen LogP contribution >= 0.6 is 11.6 Å². The van der Waals surface area contributed by atoms with Gasteiger partial charge in [-0.25, -0.2) is 24.9 Å². The summed E-state index contributed by atoms with van der Waals surface area (Å²) >= 11 is 6.24. The molecule has 2 aromatic carbocycles. The number of nitrogens with zero attached hydrogens (tertiary/aromatic N) is 10. The number of aryl methyl sites for hydroxylation is 1. The van der Waals surface area contributed by atoms with Gasteiger partial charge in [0.2, 0.25) is 17.7 Å². The van der Waals surface area contributed by atoms with E-state index >= 15 is 0 Å². The Bertz CT molecular complexity index is 2770. The molecule has 402 valence electrons. The summed E-state index contributed by atoms with van der Waals surface area (Å²) in [7, 11) is 0. The molecule has 4 aliphatic rings. The van der Waals surface area contributed by atoms with Gasteiger partial charge in [0, 0.05) is 114 Å². The number of aromatic nitrogens is 5. The first kappa shape index (κ1) is 54.3. The highest BCUT2D eigenvalue weighted by Crippen LogP contribution is 2.43. The number of aliphatic hydroxyl groups excluding tert-OH is 1. The lowest BCUT2D eigenvalue weighted by Crippen LogP contribution is -2.51. The number of aliphatic hydroxyl groups is 1. The van der Waals surface area contributed by atoms with E-state index in [1.54, 1.807) is 18.5 Å². The van der Waals surface area contributed by atoms with E-state index in [9.17, 15) is 24.3 Å². The van der Waals surface area contributed by atoms with Gasteiger partial charge in [0.25, 0.3) is 5.91 Å². The third-order valence-corrected chi connectivity index (χ3v) is 15.5. The number of likely N-dealkylation sites (tertiary alicyclic amines) is 1. The van der Waals surface area contributed by atoms with Gasteiger partial charge in [-0.2, -0.15) is 0 Å². The van der Waals surface area contributed by atoms with Crippen LogP contribution in [0, 0.1) is 5.92 Å². The lowest BCUT2D eigenvalue weighted by molar-refractivity contribution is -0.133. The molecule has 5 aromatic rings. The summed E-state index contributed by atoms with van der Waals surface area (Å²) in [6.07, 6.45) is 9.29. The van der Waals surface area contributed by atoms with Crippen LogP contribution in [0.15, 0.2) is 85.7 Å². The normalized spacial score (nSPS) is 18.8. The van der Waals surface area contributed by atoms with E-state index in [1.807, 2.05) is 52.3 Å². The van der Waals surface area contributed by atoms with E-state index in [0.717, 1.165) is 85.8 Å². The van der Waals surface area contributed by atoms with Crippen molar-refractivity contribution in [3.05, 3.63) is 125 Å². The average Bonchev–Trinajstić information content (AvgIpc) is 3.76. The SMILES string of the molecule is CCc1cccc(-c2cnc(C(=O)N3CCN(CC4CCN(CC(=O)NCCNC[C@@H](C(=O)N5CCN(c6ncnc7c6[C@H](C)C[C@H]7O)CC5)c5ccc(Cl)cc5)CC4)CC3)c(NC(=O)CNCc3ccncn3)c2)c1. The number of carbonyl (C=O) groups excluding carboxylic acids is 4. The number of piperidine rings is 1. The van der Waals surface area contributed by atoms with Crippen LogP contribution in [0.5, 0.6) is 0 Å². The smallest absolute Gasteiger partial charge is 0.274 e. The maximum atomic E-state index is 14.1. The first-order valence-electron chi connectivity index (χ1n) is 26.9. The Morgan fingerprint density at radius 1 is 0.789 bits per heavy atom. The Kier molecular flexibility index (Phi) is 18.6. The first-order chi connectivity index (χ1) is 37.0. The largest absolute Gasteiger partial charge is 0.387 e. The standard InChI is InChI=1S/C56H71ClN14O5/c1-3-39-5-4-6-42(28-39)43-29-47(66-49(73)33-60-31-45-11-14-59-36-63-45)52(62-30-43)56(76)71-21-19-68(20-22-71)34-40-12-17-67(18-13-40)35-50(74)61-16-15-58-32-46(41-7-9-44(57)10-8-41)55(75)70-25-23-69(24-26-70)54-51-38(2)27-48(72)53(51)64-37-65-54/h4-11,14,28-30,36-38,40,46,48,58,60,72H,3,12-13,15-27,31-35H2,1-2H3,(H,61,74)(H,66,73)/t38-,46-,48-/m1/s1. The number of rotatable bonds is 20. The highest BCUT2D eigenvalue weighted by molar-refractivity contribution is 6.30. The van der Waals surface area contributed by atoms with Crippen LogP contribution in [-0.2, 0) is 27.3 Å². The van der Waals surface area contributed by atoms with Gasteiger partial charge in [0.05, 0.1) is 42.2 Å². The summed E-state index contributed by atoms with van der Waals surface area (Å²) in [5.41, 5.74) is 6.93. The zero-order chi connectivity index (χ0) is 53.0. The molecule has 0 bridgehead atoms. The quantitative estimate of drug-likeness (QED) is 0.0694. The van der Waals surface area contributed by atoms with E-state index in [-0.39, 0.29) is 41.8 Å². The molecule has 4 amide bonds. The third kappa shape index (κ3) is 13.9. The van der Waals surface area contributed by atoms with Crippen molar-refractivity contribution in [2.75, 3.05) is 115 Å². The van der Waals surface area contributed by atoms with Crippen molar-refractivity contribution in [3.63, 3.8) is 0 Å². The molecule has 19 nitrogen and oxygen atoms in total. The zero-order valence-electron chi connectivity index (χ0n) is 43.7. The molecular formula is C56H71ClN14O5. The van der Waals surface area contributed by atoms with Crippen molar-refractivity contribution in [1.29, 1.82) is 0 Å². The average molecular weight is 1060 g/mol. The van der Waals surface area contributed by atoms with Gasteiger partial charge < -0.3 is 41.1 Å². The second kappa shape index (κ2) is 26.0. The van der Waals surface area contributed by atoms with E-state index in [4.69, 9.17) is 11.6 Å². The summed E-state index contributed by atoms with van der Waals surface area (Å²) in [5.74, 6) is 0.614. The van der Waals surface area contributed by atoms with Gasteiger partial charge >= 0.3 is 0 Å². The highest BCUT2D eigenvalue weighted by atomic mass is 35.5. The number of nitrogens with one attached hydrogen (secondary N) is 4. The van der Waals surface area contributed by atoms with Crippen LogP contribution in [0.3, 0.4) is 0 Å². The number of hydrogen-bond acceptors (Lipinski definition) is 15. The fraction of sp³-hybridized carbons (Fsp3) is 0.482. The number of carbonyl (C=O) groups is 4. The first-order valence-corrected chi connectivity index (χ1v) is 27.3. The number of hydrogen-bond donors (Lipinski definition) is 5. The Balaban J connectivity index is 0.691. The molecular weight excluding hydrogens is 984 g/mol. The van der Waals surface area contributed by atoms with Gasteiger partial charge in [-0.3, -0.25) is 29.0 Å². The number of piperazine rings is 2. The predicted molar refractivity (Wildman–Crippen MR) is 292 cm³/mol. The van der Waals surface area contributed by atoms with Crippen molar-refractivity contribution in [1.82, 2.24) is 60.5 Å². The van der Waals surface area contributed by atoms with Gasteiger partial charge in [0.1, 0.15) is 18.5 Å². The molecule has 3 saturated heterocycles. The predicted octanol–water partition coefficient (Wildman–Crippen LogP) is 4.12. The number of anilines is 2. The minimum absolute atomic E-state index is 0.0183. The summed E-state index contributed by atoms with van der Waals surface area (Å²) in [4.78, 5) is 87.0. The molecule has 0 radical (unpaired) electrons. The molecule has 5 N–H and O–H groups in total. The fourth-order valence-corrected chi connectivity index (χ4v) is 11.0. The van der Waals surface area contributed by atoms with Crippen molar-refractivity contribution in [2.24, 2.45) is 5.92 Å². The van der Waals surface area contributed by atoms with Crippen molar-refractivity contribution >= 4 is 46.7 Å². The summed E-state index contributed by atoms with van der Waals surface area (Å²) < 4.78 is 0. The van der Waals surface area contributed by atoms with E-state index < -0.39 is 12.0 Å². The second-order valence-electron chi connectivity index (χ2n) is 20.5. The van der Waals surface area contributed by atoms with E-state index in [1.165, 1.54) is 18.2 Å². The Labute approximate surface area is 450 Å². The lowest BCUT2D eigenvalue weighted by atomic mass is 9.96. The summed E-state index contributed by atoms with van der Waals surface area (Å²) in [6.45, 7) is 13.9. The lowest BCUT2D eigenvalue weighted by Gasteiger charge is -2.38. The summed E-state index contributed by atoms with van der Waals surface area (Å²) in [5, 5.41) is 23.7. The van der Waals surface area contributed by atoms with Crippen LogP contribution < -0.4 is 26.2 Å². The Hall–Kier alpha value is -6.48.